The summed E-state index contributed by atoms with van der Waals surface area (Å²) in [6.07, 6.45) is 82.4. The van der Waals surface area contributed by atoms with Gasteiger partial charge in [-0.1, -0.05) is 314 Å². The molecule has 0 aromatic carbocycles. The lowest BCUT2D eigenvalue weighted by molar-refractivity contribution is -0.359. The lowest BCUT2D eigenvalue weighted by atomic mass is 9.97. The van der Waals surface area contributed by atoms with Crippen LogP contribution in [0.3, 0.4) is 0 Å². The number of aliphatic hydroxyl groups is 8. The van der Waals surface area contributed by atoms with Gasteiger partial charge in [0, 0.05) is 6.42 Å². The number of unbranched alkanes of at least 4 members (excludes halogenated alkanes) is 31. The molecule has 12 atom stereocenters. The van der Waals surface area contributed by atoms with Gasteiger partial charge >= 0.3 is 0 Å². The van der Waals surface area contributed by atoms with E-state index < -0.39 is 86.8 Å². The smallest absolute Gasteiger partial charge is 0.220 e. The fourth-order valence-corrected chi connectivity index (χ4v) is 12.1. The molecule has 2 aliphatic rings. The van der Waals surface area contributed by atoms with E-state index in [4.69, 9.17) is 18.9 Å². The summed E-state index contributed by atoms with van der Waals surface area (Å²) in [5, 5.41) is 87.6. The minimum absolute atomic E-state index is 0.251. The van der Waals surface area contributed by atoms with Crippen molar-refractivity contribution in [3.05, 3.63) is 134 Å². The van der Waals surface area contributed by atoms with E-state index in [1.54, 1.807) is 6.08 Å². The monoisotopic (exact) mass is 1370 g/mol. The normalized spacial score (nSPS) is 22.8. The van der Waals surface area contributed by atoms with Crippen molar-refractivity contribution < 1.29 is 64.6 Å². The maximum Gasteiger partial charge on any atom is 0.220 e. The van der Waals surface area contributed by atoms with E-state index >= 15 is 0 Å². The van der Waals surface area contributed by atoms with Crippen molar-refractivity contribution >= 4 is 5.91 Å². The van der Waals surface area contributed by atoms with E-state index in [1.807, 2.05) is 6.08 Å². The number of aliphatic hydroxyl groups excluding tert-OH is 8. The molecule has 14 heteroatoms. The van der Waals surface area contributed by atoms with Crippen molar-refractivity contribution in [3.8, 4) is 0 Å². The molecule has 2 heterocycles. The predicted octanol–water partition coefficient (Wildman–Crippen LogP) is 17.8. The Kier molecular flexibility index (Phi) is 61.1. The number of amides is 1. The molecule has 98 heavy (non-hydrogen) atoms. The molecule has 2 saturated heterocycles. The van der Waals surface area contributed by atoms with Gasteiger partial charge in [0.1, 0.15) is 48.8 Å². The molecule has 0 aromatic heterocycles. The highest BCUT2D eigenvalue weighted by molar-refractivity contribution is 5.76. The molecule has 2 aliphatic heterocycles. The molecule has 2 fully saturated rings. The quantitative estimate of drug-likeness (QED) is 0.0204. The van der Waals surface area contributed by atoms with E-state index in [0.717, 1.165) is 109 Å². The van der Waals surface area contributed by atoms with Gasteiger partial charge in [0.05, 0.1) is 32.0 Å². The Morgan fingerprint density at radius 2 is 0.714 bits per heavy atom. The summed E-state index contributed by atoms with van der Waals surface area (Å²) >= 11 is 0. The van der Waals surface area contributed by atoms with Crippen LogP contribution in [0.1, 0.15) is 296 Å². The Labute approximate surface area is 596 Å². The van der Waals surface area contributed by atoms with Crippen LogP contribution in [-0.2, 0) is 23.7 Å². The lowest BCUT2D eigenvalue weighted by Gasteiger charge is -2.46. The molecule has 0 spiro atoms. The first-order chi connectivity index (χ1) is 48.1. The highest BCUT2D eigenvalue weighted by Crippen LogP contribution is 2.30. The summed E-state index contributed by atoms with van der Waals surface area (Å²) in [4.78, 5) is 13.4. The first-order valence-electron chi connectivity index (χ1n) is 39.4. The fraction of sp³-hybridized carbons (Fsp3) is 0.726. The molecule has 0 saturated carbocycles. The summed E-state index contributed by atoms with van der Waals surface area (Å²) in [5.74, 6) is -0.265. The van der Waals surface area contributed by atoms with Gasteiger partial charge in [0.25, 0.3) is 0 Å². The van der Waals surface area contributed by atoms with E-state index in [2.05, 4.69) is 141 Å². The lowest BCUT2D eigenvalue weighted by Crippen LogP contribution is -2.65. The van der Waals surface area contributed by atoms with Crippen LogP contribution in [-0.4, -0.2) is 140 Å². The number of nitrogens with one attached hydrogen (secondary N) is 1. The first kappa shape index (κ1) is 90.2. The van der Waals surface area contributed by atoms with E-state index in [9.17, 15) is 45.6 Å². The predicted molar refractivity (Wildman–Crippen MR) is 405 cm³/mol. The molecule has 1 amide bonds. The van der Waals surface area contributed by atoms with E-state index in [-0.39, 0.29) is 18.9 Å². The van der Waals surface area contributed by atoms with Crippen molar-refractivity contribution in [2.45, 2.75) is 370 Å². The molecule has 0 bridgehead atoms. The number of allylic oxidation sites excluding steroid dienone is 21. The van der Waals surface area contributed by atoms with Gasteiger partial charge in [0.15, 0.2) is 12.6 Å². The topological polar surface area (TPSA) is 228 Å². The number of hydrogen-bond acceptors (Lipinski definition) is 13. The third kappa shape index (κ3) is 48.9. The van der Waals surface area contributed by atoms with Crippen molar-refractivity contribution in [1.82, 2.24) is 5.32 Å². The number of carbonyl (C=O) groups excluding carboxylic acids is 1. The molecule has 2 rings (SSSR count). The van der Waals surface area contributed by atoms with Gasteiger partial charge in [-0.3, -0.25) is 4.79 Å². The Hall–Kier alpha value is -3.87. The number of rotatable bonds is 64. The average Bonchev–Trinajstić information content (AvgIpc) is 0.793. The SMILES string of the molecule is CC/C=C\C/C=C\C/C=C\C/C=C\C/C=C\C/C=C\C/C=C\C/C=C\CCCCCCCCCCC(=O)NC(COC1OC(CO)C(OC2OC(CO)C(O)C(O)C2O)C(O)C1O)C(O)/C=C/CC/C=C/CC/C=C/CCCCCCCCCCCCCCCCCCCCCCC. The Morgan fingerprint density at radius 3 is 1.12 bits per heavy atom. The van der Waals surface area contributed by atoms with E-state index in [1.165, 1.54) is 154 Å². The van der Waals surface area contributed by atoms with Crippen molar-refractivity contribution in [3.63, 3.8) is 0 Å². The second-order valence-electron chi connectivity index (χ2n) is 27.1. The zero-order valence-corrected chi connectivity index (χ0v) is 61.5. The van der Waals surface area contributed by atoms with Crippen LogP contribution < -0.4 is 5.32 Å². The molecular formula is C84H143NO13. The fourth-order valence-electron chi connectivity index (χ4n) is 12.1. The summed E-state index contributed by atoms with van der Waals surface area (Å²) in [6.45, 7) is 2.68. The number of carbonyl (C=O) groups is 1. The number of ether oxygens (including phenoxy) is 4. The Balaban J connectivity index is 1.67. The first-order valence-corrected chi connectivity index (χ1v) is 39.4. The van der Waals surface area contributed by atoms with Crippen LogP contribution in [0.15, 0.2) is 134 Å². The van der Waals surface area contributed by atoms with Crippen LogP contribution in [0.4, 0.5) is 0 Å². The Morgan fingerprint density at radius 1 is 0.378 bits per heavy atom. The maximum atomic E-state index is 13.4. The summed E-state index contributed by atoms with van der Waals surface area (Å²) in [5.41, 5.74) is 0. The molecular weight excluding hydrogens is 1230 g/mol. The third-order valence-corrected chi connectivity index (χ3v) is 18.3. The third-order valence-electron chi connectivity index (χ3n) is 18.3. The van der Waals surface area contributed by atoms with Crippen LogP contribution >= 0.6 is 0 Å². The largest absolute Gasteiger partial charge is 0.394 e. The standard InChI is InChI=1S/C84H143NO13/c1-3-5-7-9-11-13-15-17-19-21-23-25-27-29-31-33-35-36-38-40-42-44-46-48-50-52-54-56-58-60-62-64-66-68-76(89)85-72(71-95-83-81(94)79(92)82(75(70-87)97-83)98-84-80(93)78(91)77(90)74(69-86)96-84)73(88)67-65-63-61-59-57-55-53-51-49-47-45-43-41-39-37-34-32-30-28-26-24-22-20-18-16-14-12-10-8-6-4-2/h5,7,11,13,17,19,23,25,29,31,35-36,40,42,46,48-49,51,57,59,65,67,72-75,77-84,86-88,90-94H,3-4,6,8-10,12,14-16,18,20-22,24,26-28,30,32-34,37-39,41,43-45,47,50,52-56,58,60-64,66,68-71H2,1-2H3,(H,85,89)/b7-5-,13-11-,19-17-,25-23-,31-29-,36-35-,42-40-,48-46-,51-49+,59-57+,67-65+. The van der Waals surface area contributed by atoms with Crippen LogP contribution in [0.2, 0.25) is 0 Å². The van der Waals surface area contributed by atoms with Gasteiger partial charge < -0.3 is 65.1 Å². The maximum absolute atomic E-state index is 13.4. The second-order valence-corrected chi connectivity index (χ2v) is 27.1. The van der Waals surface area contributed by atoms with Crippen molar-refractivity contribution in [1.29, 1.82) is 0 Å². The molecule has 0 radical (unpaired) electrons. The summed E-state index contributed by atoms with van der Waals surface area (Å²) < 4.78 is 22.9. The highest BCUT2D eigenvalue weighted by atomic mass is 16.7. The summed E-state index contributed by atoms with van der Waals surface area (Å²) in [7, 11) is 0. The zero-order valence-electron chi connectivity index (χ0n) is 61.5. The molecule has 562 valence electrons. The van der Waals surface area contributed by atoms with Crippen LogP contribution in [0.25, 0.3) is 0 Å². The van der Waals surface area contributed by atoms with Gasteiger partial charge in [-0.15, -0.1) is 0 Å². The van der Waals surface area contributed by atoms with E-state index in [0.29, 0.717) is 12.8 Å². The van der Waals surface area contributed by atoms with Gasteiger partial charge in [0.2, 0.25) is 5.91 Å². The van der Waals surface area contributed by atoms with Crippen LogP contribution in [0.5, 0.6) is 0 Å². The molecule has 12 unspecified atom stereocenters. The summed E-state index contributed by atoms with van der Waals surface area (Å²) in [6, 6.07) is -0.955. The highest BCUT2D eigenvalue weighted by Gasteiger charge is 2.51. The van der Waals surface area contributed by atoms with Crippen LogP contribution in [0, 0.1) is 0 Å². The average molecular weight is 1380 g/mol. The van der Waals surface area contributed by atoms with Gasteiger partial charge in [-0.2, -0.15) is 0 Å². The van der Waals surface area contributed by atoms with Gasteiger partial charge in [-0.25, -0.2) is 0 Å². The minimum Gasteiger partial charge on any atom is -0.394 e. The molecule has 0 aliphatic carbocycles. The molecule has 9 N–H and O–H groups in total. The van der Waals surface area contributed by atoms with Crippen molar-refractivity contribution in [2.24, 2.45) is 0 Å². The second kappa shape index (κ2) is 66.4. The Bertz CT molecular complexity index is 2160. The van der Waals surface area contributed by atoms with Crippen molar-refractivity contribution in [2.75, 3.05) is 19.8 Å². The number of hydrogen-bond donors (Lipinski definition) is 9. The zero-order chi connectivity index (χ0) is 70.8. The molecule has 0 aromatic rings. The molecule has 14 nitrogen and oxygen atoms in total. The van der Waals surface area contributed by atoms with Gasteiger partial charge in [-0.05, 0) is 109 Å². The minimum atomic E-state index is -1.80.